The molecule has 0 spiro atoms. The number of ether oxygens (including phenoxy) is 3. The summed E-state index contributed by atoms with van der Waals surface area (Å²) in [7, 11) is 3.00. The molecule has 0 fully saturated rings. The van der Waals surface area contributed by atoms with Crippen LogP contribution >= 0.6 is 0 Å². The fourth-order valence-corrected chi connectivity index (χ4v) is 3.02. The predicted molar refractivity (Wildman–Crippen MR) is 74.4 cm³/mol. The normalized spacial score (nSPS) is 13.1. The number of rotatable bonds is 11. The van der Waals surface area contributed by atoms with E-state index in [2.05, 4.69) is 18.7 Å². The molecule has 0 aliphatic heterocycles. The summed E-state index contributed by atoms with van der Waals surface area (Å²) < 4.78 is 16.3. The summed E-state index contributed by atoms with van der Waals surface area (Å²) in [5, 5.41) is 0. The zero-order valence-electron chi connectivity index (χ0n) is 12.1. The van der Waals surface area contributed by atoms with Crippen molar-refractivity contribution in [3.63, 3.8) is 0 Å². The number of hydrogen-bond acceptors (Lipinski definition) is 4. The quantitative estimate of drug-likeness (QED) is 0.315. The molecule has 0 aliphatic carbocycles. The Bertz CT molecular complexity index is 173. The second-order valence-corrected chi connectivity index (χ2v) is 6.78. The molecule has 0 N–H and O–H groups in total. The van der Waals surface area contributed by atoms with Crippen molar-refractivity contribution in [2.24, 2.45) is 0 Å². The Labute approximate surface area is 108 Å². The van der Waals surface area contributed by atoms with Crippen molar-refractivity contribution in [3.8, 4) is 0 Å². The fraction of sp³-hybridized carbons (Fsp3) is 1.00. The van der Waals surface area contributed by atoms with Gasteiger partial charge in [-0.15, -0.1) is 0 Å². The molecule has 0 aromatic rings. The Morgan fingerprint density at radius 3 is 2.12 bits per heavy atom. The van der Waals surface area contributed by atoms with E-state index < -0.39 is 9.52 Å². The van der Waals surface area contributed by atoms with Crippen LogP contribution in [-0.4, -0.2) is 66.9 Å². The van der Waals surface area contributed by atoms with Crippen LogP contribution in [0.3, 0.4) is 0 Å². The average Bonchev–Trinajstić information content (AvgIpc) is 2.37. The molecule has 0 rings (SSSR count). The smallest absolute Gasteiger partial charge is 0.141 e. The van der Waals surface area contributed by atoms with E-state index in [1.54, 1.807) is 14.2 Å². The van der Waals surface area contributed by atoms with Gasteiger partial charge >= 0.3 is 0 Å². The highest BCUT2D eigenvalue weighted by Gasteiger charge is 2.21. The lowest BCUT2D eigenvalue weighted by Gasteiger charge is -2.26. The van der Waals surface area contributed by atoms with E-state index in [9.17, 15) is 0 Å². The Balaban J connectivity index is 3.46. The number of likely N-dealkylation sites (N-methyl/N-ethyl adjacent to an activating group) is 1. The maximum Gasteiger partial charge on any atom is 0.141 e. The second kappa shape index (κ2) is 10.0. The second-order valence-electron chi connectivity index (χ2n) is 4.28. The summed E-state index contributed by atoms with van der Waals surface area (Å²) >= 11 is 0. The minimum Gasteiger partial charge on any atom is -0.380 e. The molecule has 0 aromatic heterocycles. The van der Waals surface area contributed by atoms with Crippen LogP contribution in [0.25, 0.3) is 0 Å². The van der Waals surface area contributed by atoms with Crippen LogP contribution in [0.5, 0.6) is 0 Å². The maximum absolute atomic E-state index is 5.63. The van der Waals surface area contributed by atoms with Crippen LogP contribution in [0, 0.1) is 0 Å². The largest absolute Gasteiger partial charge is 0.380 e. The zero-order chi connectivity index (χ0) is 13.1. The summed E-state index contributed by atoms with van der Waals surface area (Å²) in [6, 6.07) is 1.09. The lowest BCUT2D eigenvalue weighted by molar-refractivity contribution is -0.131. The first-order chi connectivity index (χ1) is 8.11. The van der Waals surface area contributed by atoms with Crippen LogP contribution in [-0.2, 0) is 14.2 Å². The highest BCUT2D eigenvalue weighted by atomic mass is 28.2. The van der Waals surface area contributed by atoms with Gasteiger partial charge in [0.05, 0.1) is 16.1 Å². The predicted octanol–water partition coefficient (Wildman–Crippen LogP) is 0.898. The van der Waals surface area contributed by atoms with Gasteiger partial charge in [-0.3, -0.25) is 0 Å². The fourth-order valence-electron chi connectivity index (χ4n) is 1.62. The van der Waals surface area contributed by atoms with Gasteiger partial charge in [-0.2, -0.15) is 0 Å². The summed E-state index contributed by atoms with van der Waals surface area (Å²) in [6.45, 7) is 11.2. The molecule has 0 unspecified atom stereocenters. The highest BCUT2D eigenvalue weighted by Crippen LogP contribution is 2.09. The molecule has 17 heavy (non-hydrogen) atoms. The Morgan fingerprint density at radius 2 is 1.65 bits per heavy atom. The maximum atomic E-state index is 5.63. The molecule has 0 heterocycles. The molecule has 104 valence electrons. The number of hydrogen-bond donors (Lipinski definition) is 0. The first-order valence-corrected chi connectivity index (χ1v) is 8.23. The van der Waals surface area contributed by atoms with Crippen molar-refractivity contribution in [2.75, 3.05) is 47.1 Å². The molecule has 0 amide bonds. The van der Waals surface area contributed by atoms with Gasteiger partial charge in [0.15, 0.2) is 0 Å². The molecule has 0 saturated carbocycles. The molecular formula is C12H29NO3Si. The molecule has 4 nitrogen and oxygen atoms in total. The van der Waals surface area contributed by atoms with E-state index >= 15 is 0 Å². The topological polar surface area (TPSA) is 30.9 Å². The summed E-state index contributed by atoms with van der Waals surface area (Å²) in [5.41, 5.74) is -0.331. The highest BCUT2D eigenvalue weighted by molar-refractivity contribution is 6.38. The van der Waals surface area contributed by atoms with Gasteiger partial charge in [-0.25, -0.2) is 0 Å². The van der Waals surface area contributed by atoms with Crippen molar-refractivity contribution < 1.29 is 14.2 Å². The van der Waals surface area contributed by atoms with Crippen molar-refractivity contribution >= 4 is 9.52 Å². The van der Waals surface area contributed by atoms with Gasteiger partial charge in [0.25, 0.3) is 0 Å². The third-order valence-corrected chi connectivity index (χ3v) is 5.36. The van der Waals surface area contributed by atoms with Gasteiger partial charge in [0.2, 0.25) is 0 Å². The van der Waals surface area contributed by atoms with E-state index in [1.165, 1.54) is 0 Å². The van der Waals surface area contributed by atoms with E-state index in [0.717, 1.165) is 38.9 Å². The van der Waals surface area contributed by atoms with Crippen LogP contribution in [0.15, 0.2) is 0 Å². The number of nitrogens with zero attached hydrogens (tertiary/aromatic N) is 1. The van der Waals surface area contributed by atoms with Crippen molar-refractivity contribution in [1.29, 1.82) is 0 Å². The lowest BCUT2D eigenvalue weighted by Crippen LogP contribution is -2.37. The Morgan fingerprint density at radius 1 is 1.06 bits per heavy atom. The molecule has 0 aliphatic rings. The van der Waals surface area contributed by atoms with Crippen LogP contribution < -0.4 is 0 Å². The van der Waals surface area contributed by atoms with Crippen molar-refractivity contribution in [3.05, 3.63) is 0 Å². The first-order valence-electron chi connectivity index (χ1n) is 6.52. The molecule has 5 heteroatoms. The van der Waals surface area contributed by atoms with Gasteiger partial charge in [0, 0.05) is 27.4 Å². The van der Waals surface area contributed by atoms with Gasteiger partial charge in [0.1, 0.15) is 5.41 Å². The summed E-state index contributed by atoms with van der Waals surface area (Å²) in [5.74, 6) is 0. The molecule has 0 bridgehead atoms. The standard InChI is InChI=1S/C12H29NO3Si/c1-6-13(7-2)8-9-16-10-11-17-12(3,14-4)15-5/h6-11,17H2,1-5H3. The first kappa shape index (κ1) is 17.1. The lowest BCUT2D eigenvalue weighted by atomic mass is 10.5. The molecule has 0 atom stereocenters. The van der Waals surface area contributed by atoms with Crippen LogP contribution in [0.1, 0.15) is 20.8 Å². The van der Waals surface area contributed by atoms with Gasteiger partial charge in [-0.1, -0.05) is 13.8 Å². The summed E-state index contributed by atoms with van der Waals surface area (Å²) in [4.78, 5) is 2.37. The van der Waals surface area contributed by atoms with E-state index in [0.29, 0.717) is 0 Å². The number of methoxy groups -OCH3 is 2. The third kappa shape index (κ3) is 7.89. The van der Waals surface area contributed by atoms with Crippen LogP contribution in [0.4, 0.5) is 0 Å². The Kier molecular flexibility index (Phi) is 10.1. The van der Waals surface area contributed by atoms with Crippen LogP contribution in [0.2, 0.25) is 6.04 Å². The van der Waals surface area contributed by atoms with E-state index in [4.69, 9.17) is 14.2 Å². The molecule has 0 aromatic carbocycles. The molecule has 0 saturated heterocycles. The minimum atomic E-state index is -0.412. The van der Waals surface area contributed by atoms with E-state index in [-0.39, 0.29) is 5.41 Å². The van der Waals surface area contributed by atoms with Crippen molar-refractivity contribution in [2.45, 2.75) is 32.2 Å². The zero-order valence-corrected chi connectivity index (χ0v) is 13.5. The molecule has 0 radical (unpaired) electrons. The summed E-state index contributed by atoms with van der Waals surface area (Å²) in [6.07, 6.45) is 0. The molecular weight excluding hydrogens is 234 g/mol. The minimum absolute atomic E-state index is 0.331. The van der Waals surface area contributed by atoms with Gasteiger partial charge in [-0.05, 0) is 26.1 Å². The average molecular weight is 263 g/mol. The van der Waals surface area contributed by atoms with E-state index in [1.807, 2.05) is 6.92 Å². The Hall–Kier alpha value is 0.0569. The van der Waals surface area contributed by atoms with Crippen molar-refractivity contribution in [1.82, 2.24) is 4.90 Å². The third-order valence-electron chi connectivity index (χ3n) is 3.23. The SMILES string of the molecule is CCN(CC)CCOCC[SiH2]C(C)(OC)OC. The van der Waals surface area contributed by atoms with Gasteiger partial charge < -0.3 is 19.1 Å². The monoisotopic (exact) mass is 263 g/mol.